The van der Waals surface area contributed by atoms with E-state index in [0.29, 0.717) is 12.5 Å². The van der Waals surface area contributed by atoms with E-state index in [-0.39, 0.29) is 29.9 Å². The van der Waals surface area contributed by atoms with Crippen LogP contribution in [0.5, 0.6) is 0 Å². The highest BCUT2D eigenvalue weighted by atomic mass is 127. The Morgan fingerprint density at radius 3 is 2.90 bits per heavy atom. The van der Waals surface area contributed by atoms with Gasteiger partial charge in [-0.2, -0.15) is 0 Å². The monoisotopic (exact) mass is 394 g/mol. The molecule has 20 heavy (non-hydrogen) atoms. The number of hydrogen-bond donors (Lipinski definition) is 2. The average molecular weight is 394 g/mol. The molecule has 6 heteroatoms. The third-order valence-corrected chi connectivity index (χ3v) is 3.11. The smallest absolute Gasteiger partial charge is 0.222 e. The molecule has 1 amide bonds. The molecule has 5 nitrogen and oxygen atoms in total. The Morgan fingerprint density at radius 2 is 2.30 bits per heavy atom. The van der Waals surface area contributed by atoms with E-state index >= 15 is 0 Å². The number of halogens is 1. The zero-order valence-corrected chi connectivity index (χ0v) is 15.0. The van der Waals surface area contributed by atoms with Gasteiger partial charge in [0.1, 0.15) is 0 Å². The molecule has 0 bridgehead atoms. The highest BCUT2D eigenvalue weighted by Crippen LogP contribution is 2.09. The van der Waals surface area contributed by atoms with Crippen molar-refractivity contribution >= 4 is 35.8 Å². The second-order valence-electron chi connectivity index (χ2n) is 4.77. The molecular weight excluding hydrogens is 367 g/mol. The number of piperidine rings is 1. The van der Waals surface area contributed by atoms with Crippen LogP contribution in [0.1, 0.15) is 33.1 Å². The van der Waals surface area contributed by atoms with Gasteiger partial charge in [-0.25, -0.2) is 0 Å². The summed E-state index contributed by atoms with van der Waals surface area (Å²) in [5.74, 6) is 1.08. The van der Waals surface area contributed by atoms with E-state index in [1.165, 1.54) is 0 Å². The second-order valence-corrected chi connectivity index (χ2v) is 4.77. The minimum Gasteiger partial charge on any atom is -0.357 e. The number of aliphatic imine (C=N–C) groups is 1. The molecule has 1 atom stereocenters. The molecule has 2 N–H and O–H groups in total. The van der Waals surface area contributed by atoms with Crippen molar-refractivity contribution < 1.29 is 4.79 Å². The summed E-state index contributed by atoms with van der Waals surface area (Å²) in [6.07, 6.45) is 6.60. The van der Waals surface area contributed by atoms with Crippen LogP contribution in [0.3, 0.4) is 0 Å². The third kappa shape index (κ3) is 7.12. The van der Waals surface area contributed by atoms with Crippen molar-refractivity contribution in [2.45, 2.75) is 39.2 Å². The van der Waals surface area contributed by atoms with E-state index in [1.54, 1.807) is 4.90 Å². The molecule has 116 valence electrons. The van der Waals surface area contributed by atoms with Gasteiger partial charge in [0, 0.05) is 39.1 Å². The van der Waals surface area contributed by atoms with Crippen LogP contribution in [-0.4, -0.2) is 49.5 Å². The molecular formula is C14H27IN4O. The van der Waals surface area contributed by atoms with Crippen LogP contribution in [-0.2, 0) is 4.79 Å². The summed E-state index contributed by atoms with van der Waals surface area (Å²) >= 11 is 0. The lowest BCUT2D eigenvalue weighted by atomic mass is 10.1. The van der Waals surface area contributed by atoms with Crippen molar-refractivity contribution in [1.82, 2.24) is 15.5 Å². The quantitative estimate of drug-likeness (QED) is 0.246. The van der Waals surface area contributed by atoms with E-state index < -0.39 is 0 Å². The molecule has 0 spiro atoms. The Morgan fingerprint density at radius 1 is 1.55 bits per heavy atom. The maximum absolute atomic E-state index is 11.4. The maximum Gasteiger partial charge on any atom is 0.222 e. The van der Waals surface area contributed by atoms with Crippen molar-refractivity contribution in [2.75, 3.05) is 26.7 Å². The van der Waals surface area contributed by atoms with Crippen LogP contribution in [0.25, 0.3) is 0 Å². The number of carbonyl (C=O) groups excluding carboxylic acids is 1. The normalized spacial score (nSPS) is 19.9. The summed E-state index contributed by atoms with van der Waals surface area (Å²) in [4.78, 5) is 17.8. The Bertz CT molecular complexity index is 344. The first-order valence-corrected chi connectivity index (χ1v) is 7.07. The Balaban J connectivity index is 0.00000361. The summed E-state index contributed by atoms with van der Waals surface area (Å²) in [6, 6.07) is 0.294. The number of guanidine groups is 1. The van der Waals surface area contributed by atoms with Gasteiger partial charge in [0.05, 0.1) is 0 Å². The van der Waals surface area contributed by atoms with Crippen LogP contribution in [0.4, 0.5) is 0 Å². The molecule has 0 aromatic rings. The number of nitrogens with one attached hydrogen (secondary N) is 2. The number of rotatable bonds is 5. The van der Waals surface area contributed by atoms with Crippen molar-refractivity contribution in [3.8, 4) is 0 Å². The number of carbonyl (C=O) groups is 1. The molecule has 1 aliphatic heterocycles. The fourth-order valence-corrected chi connectivity index (χ4v) is 2.06. The first-order valence-electron chi connectivity index (χ1n) is 7.07. The average Bonchev–Trinajstić information content (AvgIpc) is 2.39. The molecule has 1 rings (SSSR count). The van der Waals surface area contributed by atoms with Crippen molar-refractivity contribution in [1.29, 1.82) is 0 Å². The highest BCUT2D eigenvalue weighted by Gasteiger charge is 2.23. The van der Waals surface area contributed by atoms with E-state index in [2.05, 4.69) is 28.6 Å². The Hall–Kier alpha value is -0.790. The van der Waals surface area contributed by atoms with Crippen LogP contribution in [0.2, 0.25) is 0 Å². The van der Waals surface area contributed by atoms with Gasteiger partial charge in [-0.1, -0.05) is 12.2 Å². The molecule has 1 heterocycles. The van der Waals surface area contributed by atoms with E-state index in [9.17, 15) is 4.79 Å². The fraction of sp³-hybridized carbons (Fsp3) is 0.714. The number of hydrogen-bond acceptors (Lipinski definition) is 2. The third-order valence-electron chi connectivity index (χ3n) is 3.11. The molecule has 0 aromatic heterocycles. The topological polar surface area (TPSA) is 56.7 Å². The number of likely N-dealkylation sites (tertiary alicyclic amines) is 1. The predicted molar refractivity (Wildman–Crippen MR) is 94.6 cm³/mol. The first-order chi connectivity index (χ1) is 9.17. The maximum atomic E-state index is 11.4. The molecule has 0 saturated carbocycles. The summed E-state index contributed by atoms with van der Waals surface area (Å²) in [7, 11) is 1.85. The van der Waals surface area contributed by atoms with E-state index in [4.69, 9.17) is 0 Å². The SMILES string of the molecule is CC=CCCN=C(NCC)NC1CCC(=O)N(C)C1.I. The van der Waals surface area contributed by atoms with Crippen LogP contribution < -0.4 is 10.6 Å². The number of nitrogens with zero attached hydrogens (tertiary/aromatic N) is 2. The lowest BCUT2D eigenvalue weighted by Crippen LogP contribution is -2.51. The molecule has 0 aliphatic carbocycles. The van der Waals surface area contributed by atoms with E-state index in [1.807, 2.05) is 20.0 Å². The molecule has 1 saturated heterocycles. The molecule has 1 aliphatic rings. The zero-order chi connectivity index (χ0) is 14.1. The summed E-state index contributed by atoms with van der Waals surface area (Å²) in [5, 5.41) is 6.65. The van der Waals surface area contributed by atoms with Gasteiger partial charge in [-0.3, -0.25) is 9.79 Å². The number of amides is 1. The van der Waals surface area contributed by atoms with Crippen LogP contribution in [0, 0.1) is 0 Å². The number of allylic oxidation sites excluding steroid dienone is 1. The van der Waals surface area contributed by atoms with Crippen molar-refractivity contribution in [2.24, 2.45) is 4.99 Å². The standard InChI is InChI=1S/C14H26N4O.HI/c1-4-6-7-10-16-14(15-5-2)17-12-8-9-13(19)18(3)11-12;/h4,6,12H,5,7-11H2,1-3H3,(H2,15,16,17);1H. The summed E-state index contributed by atoms with van der Waals surface area (Å²) in [5.41, 5.74) is 0. The van der Waals surface area contributed by atoms with Gasteiger partial charge in [-0.05, 0) is 26.7 Å². The first kappa shape index (κ1) is 19.2. The van der Waals surface area contributed by atoms with Gasteiger partial charge in [-0.15, -0.1) is 24.0 Å². The minimum absolute atomic E-state index is 0. The van der Waals surface area contributed by atoms with Gasteiger partial charge in [0.15, 0.2) is 5.96 Å². The lowest BCUT2D eigenvalue weighted by Gasteiger charge is -2.31. The highest BCUT2D eigenvalue weighted by molar-refractivity contribution is 14.0. The largest absolute Gasteiger partial charge is 0.357 e. The summed E-state index contributed by atoms with van der Waals surface area (Å²) < 4.78 is 0. The molecule has 0 aromatic carbocycles. The van der Waals surface area contributed by atoms with Gasteiger partial charge in [0.2, 0.25) is 5.91 Å². The Labute approximate surface area is 139 Å². The number of likely N-dealkylation sites (N-methyl/N-ethyl adjacent to an activating group) is 1. The Kier molecular flexibility index (Phi) is 10.5. The summed E-state index contributed by atoms with van der Waals surface area (Å²) in [6.45, 7) is 6.44. The van der Waals surface area contributed by atoms with Crippen LogP contribution >= 0.6 is 24.0 Å². The van der Waals surface area contributed by atoms with Gasteiger partial charge < -0.3 is 15.5 Å². The van der Waals surface area contributed by atoms with Crippen LogP contribution in [0.15, 0.2) is 17.1 Å². The van der Waals surface area contributed by atoms with Crippen molar-refractivity contribution in [3.63, 3.8) is 0 Å². The lowest BCUT2D eigenvalue weighted by molar-refractivity contribution is -0.132. The minimum atomic E-state index is 0. The predicted octanol–water partition coefficient (Wildman–Crippen LogP) is 1.75. The fourth-order valence-electron chi connectivity index (χ4n) is 2.06. The zero-order valence-electron chi connectivity index (χ0n) is 12.7. The van der Waals surface area contributed by atoms with Gasteiger partial charge in [0.25, 0.3) is 0 Å². The van der Waals surface area contributed by atoms with Crippen molar-refractivity contribution in [3.05, 3.63) is 12.2 Å². The van der Waals surface area contributed by atoms with E-state index in [0.717, 1.165) is 38.4 Å². The van der Waals surface area contributed by atoms with Gasteiger partial charge >= 0.3 is 0 Å². The molecule has 0 radical (unpaired) electrons. The second kappa shape index (κ2) is 10.9. The molecule has 1 unspecified atom stereocenters. The molecule has 1 fully saturated rings.